The Morgan fingerprint density at radius 1 is 1.17 bits per heavy atom. The highest BCUT2D eigenvalue weighted by Crippen LogP contribution is 2.30. The summed E-state index contributed by atoms with van der Waals surface area (Å²) in [4.78, 5) is 15.5. The van der Waals surface area contributed by atoms with Crippen molar-refractivity contribution in [1.29, 1.82) is 0 Å². The lowest BCUT2D eigenvalue weighted by molar-refractivity contribution is -0.719. The predicted molar refractivity (Wildman–Crippen MR) is 113 cm³/mol. The molecule has 1 atom stereocenters. The third-order valence-electron chi connectivity index (χ3n) is 6.41. The second-order valence-corrected chi connectivity index (χ2v) is 8.67. The van der Waals surface area contributed by atoms with Gasteiger partial charge in [-0.05, 0) is 37.3 Å². The van der Waals surface area contributed by atoms with E-state index in [1.165, 1.54) is 11.1 Å². The largest absolute Gasteiger partial charge is 0.842 e. The van der Waals surface area contributed by atoms with Gasteiger partial charge in [-0.15, -0.1) is 0 Å². The molecule has 0 spiro atoms. The second-order valence-electron chi connectivity index (χ2n) is 8.67. The number of rotatable bonds is 5. The fourth-order valence-electron chi connectivity index (χ4n) is 4.46. The number of nitrogens with one attached hydrogen (secondary N) is 1. The van der Waals surface area contributed by atoms with Crippen LogP contribution in [-0.2, 0) is 13.1 Å². The van der Waals surface area contributed by atoms with Crippen molar-refractivity contribution in [3.63, 3.8) is 0 Å². The Balaban J connectivity index is 1.55. The van der Waals surface area contributed by atoms with Gasteiger partial charge in [0.25, 0.3) is 5.65 Å². The Labute approximate surface area is 176 Å². The Kier molecular flexibility index (Phi) is 5.05. The van der Waals surface area contributed by atoms with Crippen LogP contribution < -0.4 is 20.5 Å². The third-order valence-corrected chi connectivity index (χ3v) is 6.41. The Hall–Kier alpha value is -2.70. The van der Waals surface area contributed by atoms with Gasteiger partial charge in [0.1, 0.15) is 0 Å². The van der Waals surface area contributed by atoms with Crippen LogP contribution in [0.5, 0.6) is 5.88 Å². The maximum Gasteiger partial charge on any atom is 0.346 e. The first kappa shape index (κ1) is 19.3. The Morgan fingerprint density at radius 3 is 2.73 bits per heavy atom. The minimum Gasteiger partial charge on any atom is -0.842 e. The average molecular weight is 405 g/mol. The van der Waals surface area contributed by atoms with Crippen molar-refractivity contribution >= 4 is 5.65 Å². The summed E-state index contributed by atoms with van der Waals surface area (Å²) < 4.78 is 3.46. The topological polar surface area (TPSA) is 63.7 Å². The van der Waals surface area contributed by atoms with Crippen molar-refractivity contribution in [2.24, 2.45) is 5.92 Å². The molecule has 6 heteroatoms. The zero-order valence-corrected chi connectivity index (χ0v) is 17.4. The van der Waals surface area contributed by atoms with Crippen LogP contribution >= 0.6 is 0 Å². The van der Waals surface area contributed by atoms with E-state index in [9.17, 15) is 9.90 Å². The number of aryl methyl sites for hydroxylation is 1. The number of nitrogens with zero attached hydrogens (tertiary/aromatic N) is 3. The molecule has 2 aliphatic rings. The lowest BCUT2D eigenvalue weighted by Crippen LogP contribution is -2.49. The zero-order chi connectivity index (χ0) is 20.7. The van der Waals surface area contributed by atoms with Crippen LogP contribution in [-0.4, -0.2) is 28.9 Å². The molecule has 1 N–H and O–H groups in total. The van der Waals surface area contributed by atoms with Crippen LogP contribution in [0.15, 0.2) is 53.5 Å². The number of hydrogen-bond acceptors (Lipinski definition) is 4. The molecular formula is C24H28N4O2. The van der Waals surface area contributed by atoms with Crippen LogP contribution in [0.1, 0.15) is 35.6 Å². The summed E-state index contributed by atoms with van der Waals surface area (Å²) in [5.74, 6) is 0.427. The van der Waals surface area contributed by atoms with Crippen LogP contribution in [0.25, 0.3) is 5.65 Å². The van der Waals surface area contributed by atoms with E-state index in [2.05, 4.69) is 41.4 Å². The lowest BCUT2D eigenvalue weighted by atomic mass is 10.0. The zero-order valence-electron chi connectivity index (χ0n) is 17.4. The fourth-order valence-corrected chi connectivity index (χ4v) is 4.46. The van der Waals surface area contributed by atoms with E-state index in [-0.39, 0.29) is 17.5 Å². The molecule has 1 saturated carbocycles. The molecule has 1 unspecified atom stereocenters. The molecule has 1 saturated heterocycles. The number of piperazine rings is 1. The van der Waals surface area contributed by atoms with Crippen molar-refractivity contribution in [3.8, 4) is 5.88 Å². The number of fused-ring (bicyclic) bond motifs is 1. The first-order chi connectivity index (χ1) is 14.6. The molecule has 156 valence electrons. The molecule has 30 heavy (non-hydrogen) atoms. The van der Waals surface area contributed by atoms with Crippen molar-refractivity contribution in [2.45, 2.75) is 38.9 Å². The number of pyridine rings is 1. The number of aromatic nitrogens is 2. The second kappa shape index (κ2) is 7.85. The summed E-state index contributed by atoms with van der Waals surface area (Å²) in [6, 6.07) is 14.3. The van der Waals surface area contributed by atoms with E-state index in [1.54, 1.807) is 10.6 Å². The molecular weight excluding hydrogens is 376 g/mol. The molecule has 6 nitrogen and oxygen atoms in total. The first-order valence-corrected chi connectivity index (χ1v) is 10.9. The smallest absolute Gasteiger partial charge is 0.346 e. The van der Waals surface area contributed by atoms with Gasteiger partial charge in [0.05, 0.1) is 24.2 Å². The van der Waals surface area contributed by atoms with Crippen molar-refractivity contribution in [1.82, 2.24) is 14.6 Å². The van der Waals surface area contributed by atoms with Gasteiger partial charge < -0.3 is 10.4 Å². The van der Waals surface area contributed by atoms with Crippen molar-refractivity contribution in [2.75, 3.05) is 19.6 Å². The molecule has 2 fully saturated rings. The summed E-state index contributed by atoms with van der Waals surface area (Å²) in [6.07, 6.45) is 4.10. The summed E-state index contributed by atoms with van der Waals surface area (Å²) >= 11 is 0. The Bertz CT molecular complexity index is 1120. The SMILES string of the molecule is Cc1ccc(C2CNCCN2Cc2c([O-])[n+](CC3CC3)c3ccccn3c2=O)cc1. The van der Waals surface area contributed by atoms with Gasteiger partial charge in [0.2, 0.25) is 0 Å². The quantitative estimate of drug-likeness (QED) is 0.655. The maximum absolute atomic E-state index is 13.4. The van der Waals surface area contributed by atoms with E-state index < -0.39 is 0 Å². The van der Waals surface area contributed by atoms with Gasteiger partial charge >= 0.3 is 5.56 Å². The van der Waals surface area contributed by atoms with E-state index >= 15 is 0 Å². The molecule has 0 radical (unpaired) electrons. The summed E-state index contributed by atoms with van der Waals surface area (Å²) in [5, 5.41) is 16.9. The van der Waals surface area contributed by atoms with Gasteiger partial charge in [-0.2, -0.15) is 4.40 Å². The average Bonchev–Trinajstić information content (AvgIpc) is 3.59. The summed E-state index contributed by atoms with van der Waals surface area (Å²) in [7, 11) is 0. The highest BCUT2D eigenvalue weighted by molar-refractivity contribution is 5.35. The highest BCUT2D eigenvalue weighted by Gasteiger charge is 2.30. The van der Waals surface area contributed by atoms with Crippen LogP contribution in [0.3, 0.4) is 0 Å². The van der Waals surface area contributed by atoms with Crippen LogP contribution in [0.2, 0.25) is 0 Å². The van der Waals surface area contributed by atoms with Gasteiger partial charge in [0, 0.05) is 38.3 Å². The van der Waals surface area contributed by atoms with Gasteiger partial charge in [0.15, 0.2) is 0 Å². The molecule has 3 aromatic rings. The van der Waals surface area contributed by atoms with Gasteiger partial charge in [-0.25, -0.2) is 9.36 Å². The number of benzene rings is 1. The fraction of sp³-hybridized carbons (Fsp3) is 0.417. The first-order valence-electron chi connectivity index (χ1n) is 10.9. The molecule has 1 aromatic carbocycles. The van der Waals surface area contributed by atoms with Crippen molar-refractivity contribution in [3.05, 3.63) is 75.7 Å². The molecule has 0 amide bonds. The van der Waals surface area contributed by atoms with Gasteiger partial charge in [-0.1, -0.05) is 35.9 Å². The number of hydrogen-bond donors (Lipinski definition) is 1. The summed E-state index contributed by atoms with van der Waals surface area (Å²) in [6.45, 7) is 5.63. The third kappa shape index (κ3) is 3.61. The Morgan fingerprint density at radius 2 is 1.97 bits per heavy atom. The maximum atomic E-state index is 13.4. The van der Waals surface area contributed by atoms with E-state index in [0.29, 0.717) is 30.2 Å². The van der Waals surface area contributed by atoms with Crippen LogP contribution in [0.4, 0.5) is 0 Å². The monoisotopic (exact) mass is 404 g/mol. The highest BCUT2D eigenvalue weighted by atomic mass is 16.3. The molecule has 1 aliphatic heterocycles. The van der Waals surface area contributed by atoms with E-state index in [0.717, 1.165) is 32.5 Å². The molecule has 1 aliphatic carbocycles. The summed E-state index contributed by atoms with van der Waals surface area (Å²) in [5.41, 5.74) is 3.32. The molecule has 3 heterocycles. The van der Waals surface area contributed by atoms with Crippen LogP contribution in [0, 0.1) is 12.8 Å². The predicted octanol–water partition coefficient (Wildman–Crippen LogP) is 1.53. The standard InChI is InChI=1S/C24H28N4O2/c1-17-5-9-19(10-6-17)21-14-25-11-13-26(21)16-20-23(29)27-12-3-2-4-22(27)28(24(20)30)15-18-7-8-18/h2-6,9-10,12,18,21,25H,7-8,11,13-16H2,1H3. The molecule has 5 rings (SSSR count). The normalized spacial score (nSPS) is 20.0. The van der Waals surface area contributed by atoms with Crippen molar-refractivity contribution < 1.29 is 9.67 Å². The molecule has 0 bridgehead atoms. The minimum absolute atomic E-state index is 0.126. The minimum atomic E-state index is -0.191. The molecule has 2 aromatic heterocycles. The van der Waals surface area contributed by atoms with E-state index in [4.69, 9.17) is 0 Å². The van der Waals surface area contributed by atoms with Gasteiger partial charge in [-0.3, -0.25) is 4.90 Å². The van der Waals surface area contributed by atoms with E-state index in [1.807, 2.05) is 22.8 Å². The lowest BCUT2D eigenvalue weighted by Gasteiger charge is -2.36.